The Balaban J connectivity index is 0.00000312. The SMILES string of the molecule is C[C@H]1CNCCN1CC(=O)NC(CC(C)(C)C)c1ccc(F)cc1.Cl. The van der Waals surface area contributed by atoms with Crippen molar-refractivity contribution >= 4 is 18.3 Å². The molecule has 0 saturated carbocycles. The molecule has 4 nitrogen and oxygen atoms in total. The Bertz CT molecular complexity index is 545. The smallest absolute Gasteiger partial charge is 0.234 e. The summed E-state index contributed by atoms with van der Waals surface area (Å²) >= 11 is 0. The van der Waals surface area contributed by atoms with Crippen molar-refractivity contribution in [1.29, 1.82) is 0 Å². The molecule has 1 heterocycles. The predicted molar refractivity (Wildman–Crippen MR) is 103 cm³/mol. The number of carbonyl (C=O) groups excluding carboxylic acids is 1. The van der Waals surface area contributed by atoms with E-state index in [0.717, 1.165) is 31.6 Å². The number of piperazine rings is 1. The van der Waals surface area contributed by atoms with Crippen LogP contribution in [0.5, 0.6) is 0 Å². The van der Waals surface area contributed by atoms with Gasteiger partial charge in [-0.2, -0.15) is 0 Å². The third-order valence-electron chi connectivity index (χ3n) is 4.41. The van der Waals surface area contributed by atoms with Crippen LogP contribution in [0.3, 0.4) is 0 Å². The fraction of sp³-hybridized carbons (Fsp3) is 0.632. The molecule has 1 aliphatic heterocycles. The van der Waals surface area contributed by atoms with Crippen LogP contribution in [0.1, 0.15) is 45.7 Å². The summed E-state index contributed by atoms with van der Waals surface area (Å²) in [5, 5.41) is 6.49. The summed E-state index contributed by atoms with van der Waals surface area (Å²) in [6, 6.07) is 6.69. The van der Waals surface area contributed by atoms with Crippen LogP contribution >= 0.6 is 12.4 Å². The summed E-state index contributed by atoms with van der Waals surface area (Å²) in [4.78, 5) is 14.7. The molecule has 0 spiro atoms. The Morgan fingerprint density at radius 3 is 2.56 bits per heavy atom. The van der Waals surface area contributed by atoms with Gasteiger partial charge in [0.25, 0.3) is 0 Å². The van der Waals surface area contributed by atoms with Crippen LogP contribution in [0, 0.1) is 11.2 Å². The fourth-order valence-corrected chi connectivity index (χ4v) is 3.10. The fourth-order valence-electron chi connectivity index (χ4n) is 3.10. The highest BCUT2D eigenvalue weighted by Gasteiger charge is 2.25. The van der Waals surface area contributed by atoms with E-state index in [1.54, 1.807) is 12.1 Å². The second-order valence-corrected chi connectivity index (χ2v) is 7.96. The molecule has 142 valence electrons. The molecule has 1 aromatic carbocycles. The van der Waals surface area contributed by atoms with Gasteiger partial charge in [-0.15, -0.1) is 12.4 Å². The van der Waals surface area contributed by atoms with Crippen LogP contribution in [0.15, 0.2) is 24.3 Å². The van der Waals surface area contributed by atoms with Crippen LogP contribution in [0.4, 0.5) is 4.39 Å². The molecule has 1 unspecified atom stereocenters. The first-order valence-electron chi connectivity index (χ1n) is 8.74. The number of rotatable bonds is 5. The maximum absolute atomic E-state index is 13.2. The topological polar surface area (TPSA) is 44.4 Å². The van der Waals surface area contributed by atoms with E-state index >= 15 is 0 Å². The van der Waals surface area contributed by atoms with Crippen LogP contribution in [0.2, 0.25) is 0 Å². The van der Waals surface area contributed by atoms with Gasteiger partial charge in [-0.1, -0.05) is 32.9 Å². The number of halogens is 2. The first-order chi connectivity index (χ1) is 11.2. The van der Waals surface area contributed by atoms with Crippen LogP contribution in [-0.2, 0) is 4.79 Å². The lowest BCUT2D eigenvalue weighted by molar-refractivity contribution is -0.123. The molecule has 0 aromatic heterocycles. The maximum Gasteiger partial charge on any atom is 0.234 e. The summed E-state index contributed by atoms with van der Waals surface area (Å²) in [6.45, 7) is 11.7. The lowest BCUT2D eigenvalue weighted by Gasteiger charge is -2.34. The summed E-state index contributed by atoms with van der Waals surface area (Å²) in [5.74, 6) is -0.225. The third-order valence-corrected chi connectivity index (χ3v) is 4.41. The normalized spacial score (nSPS) is 19.8. The van der Waals surface area contributed by atoms with Gasteiger partial charge in [-0.3, -0.25) is 9.69 Å². The van der Waals surface area contributed by atoms with Crippen molar-refractivity contribution in [2.24, 2.45) is 5.41 Å². The van der Waals surface area contributed by atoms with Gasteiger partial charge in [0.1, 0.15) is 5.82 Å². The van der Waals surface area contributed by atoms with E-state index in [-0.39, 0.29) is 35.6 Å². The molecule has 1 fully saturated rings. The van der Waals surface area contributed by atoms with E-state index in [0.29, 0.717) is 12.6 Å². The molecule has 2 N–H and O–H groups in total. The number of hydrogen-bond acceptors (Lipinski definition) is 3. The molecule has 0 radical (unpaired) electrons. The van der Waals surface area contributed by atoms with Gasteiger partial charge < -0.3 is 10.6 Å². The zero-order valence-corrected chi connectivity index (χ0v) is 16.5. The van der Waals surface area contributed by atoms with Crippen LogP contribution in [-0.4, -0.2) is 43.0 Å². The third kappa shape index (κ3) is 7.30. The minimum Gasteiger partial charge on any atom is -0.348 e. The number of nitrogens with zero attached hydrogens (tertiary/aromatic N) is 1. The number of benzene rings is 1. The number of nitrogens with one attached hydrogen (secondary N) is 2. The first-order valence-corrected chi connectivity index (χ1v) is 8.74. The highest BCUT2D eigenvalue weighted by molar-refractivity contribution is 5.85. The van der Waals surface area contributed by atoms with Crippen LogP contribution < -0.4 is 10.6 Å². The van der Waals surface area contributed by atoms with E-state index in [1.807, 2.05) is 0 Å². The van der Waals surface area contributed by atoms with E-state index < -0.39 is 0 Å². The van der Waals surface area contributed by atoms with Gasteiger partial charge in [0.05, 0.1) is 12.6 Å². The van der Waals surface area contributed by atoms with Gasteiger partial charge in [-0.25, -0.2) is 4.39 Å². The Hall–Kier alpha value is -1.17. The lowest BCUT2D eigenvalue weighted by atomic mass is 9.85. The van der Waals surface area contributed by atoms with Gasteiger partial charge in [0.15, 0.2) is 0 Å². The zero-order chi connectivity index (χ0) is 17.7. The summed E-state index contributed by atoms with van der Waals surface area (Å²) in [7, 11) is 0. The number of carbonyl (C=O) groups is 1. The summed E-state index contributed by atoms with van der Waals surface area (Å²) < 4.78 is 13.2. The molecule has 2 atom stereocenters. The maximum atomic E-state index is 13.2. The predicted octanol–water partition coefficient (Wildman–Crippen LogP) is 3.13. The van der Waals surface area contributed by atoms with Crippen molar-refractivity contribution in [3.63, 3.8) is 0 Å². The molecule has 1 aromatic rings. The molecule has 6 heteroatoms. The van der Waals surface area contributed by atoms with Gasteiger partial charge in [-0.05, 0) is 36.5 Å². The Morgan fingerprint density at radius 1 is 1.36 bits per heavy atom. The molecule has 0 aliphatic carbocycles. The monoisotopic (exact) mass is 371 g/mol. The highest BCUT2D eigenvalue weighted by atomic mass is 35.5. The van der Waals surface area contributed by atoms with Crippen molar-refractivity contribution in [1.82, 2.24) is 15.5 Å². The molecule has 25 heavy (non-hydrogen) atoms. The molecule has 1 aliphatic rings. The second-order valence-electron chi connectivity index (χ2n) is 7.96. The Morgan fingerprint density at radius 2 is 2.00 bits per heavy atom. The lowest BCUT2D eigenvalue weighted by Crippen LogP contribution is -2.53. The van der Waals surface area contributed by atoms with Crippen molar-refractivity contribution in [3.05, 3.63) is 35.6 Å². The van der Waals surface area contributed by atoms with Crippen LogP contribution in [0.25, 0.3) is 0 Å². The molecule has 0 bridgehead atoms. The average molecular weight is 372 g/mol. The number of hydrogen-bond donors (Lipinski definition) is 2. The quantitative estimate of drug-likeness (QED) is 0.835. The molecular formula is C19H31ClFN3O. The zero-order valence-electron chi connectivity index (χ0n) is 15.6. The highest BCUT2D eigenvalue weighted by Crippen LogP contribution is 2.29. The van der Waals surface area contributed by atoms with Gasteiger partial charge in [0.2, 0.25) is 5.91 Å². The summed E-state index contributed by atoms with van der Waals surface area (Å²) in [6.07, 6.45) is 0.807. The minimum absolute atomic E-state index is 0. The average Bonchev–Trinajstić information content (AvgIpc) is 2.48. The molecule has 1 saturated heterocycles. The van der Waals surface area contributed by atoms with Gasteiger partial charge >= 0.3 is 0 Å². The van der Waals surface area contributed by atoms with E-state index in [4.69, 9.17) is 0 Å². The van der Waals surface area contributed by atoms with Crippen molar-refractivity contribution in [3.8, 4) is 0 Å². The molecular weight excluding hydrogens is 341 g/mol. The molecule has 1 amide bonds. The Labute approximate surface area is 157 Å². The van der Waals surface area contributed by atoms with Gasteiger partial charge in [0, 0.05) is 25.7 Å². The Kier molecular flexibility index (Phi) is 8.32. The minimum atomic E-state index is -0.255. The van der Waals surface area contributed by atoms with E-state index in [9.17, 15) is 9.18 Å². The van der Waals surface area contributed by atoms with Crippen molar-refractivity contribution in [2.75, 3.05) is 26.2 Å². The largest absolute Gasteiger partial charge is 0.348 e. The molecule has 2 rings (SSSR count). The standard InChI is InChI=1S/C19H30FN3O.ClH/c1-14-12-21-9-10-23(14)13-18(24)22-17(11-19(2,3)4)15-5-7-16(20)8-6-15;/h5-8,14,17,21H,9-13H2,1-4H3,(H,22,24);1H/t14-,17?;/m0./s1. The first kappa shape index (κ1) is 21.9. The van der Waals surface area contributed by atoms with E-state index in [2.05, 4.69) is 43.2 Å². The van der Waals surface area contributed by atoms with Crippen molar-refractivity contribution < 1.29 is 9.18 Å². The second kappa shape index (κ2) is 9.51. The summed E-state index contributed by atoms with van der Waals surface area (Å²) in [5.41, 5.74) is 1.02. The number of amides is 1. The van der Waals surface area contributed by atoms with E-state index in [1.165, 1.54) is 12.1 Å². The van der Waals surface area contributed by atoms with Crippen molar-refractivity contribution in [2.45, 2.75) is 46.2 Å².